The van der Waals surface area contributed by atoms with Crippen LogP contribution in [0.25, 0.3) is 0 Å². The molecule has 0 aliphatic carbocycles. The van der Waals surface area contributed by atoms with Crippen LogP contribution < -0.4 is 21.6 Å². The summed E-state index contributed by atoms with van der Waals surface area (Å²) in [5.41, 5.74) is 1.08. The molecule has 3 rings (SSSR count). The lowest BCUT2D eigenvalue weighted by molar-refractivity contribution is -0.384. The average Bonchev–Trinajstić information content (AvgIpc) is 3.11. The maximum atomic E-state index is 12.3. The number of aryl methyl sites for hydroxylation is 1. The number of anilines is 1. The Hall–Kier alpha value is -2.71. The van der Waals surface area contributed by atoms with Gasteiger partial charge in [-0.05, 0) is 19.1 Å². The van der Waals surface area contributed by atoms with Gasteiger partial charge in [0.2, 0.25) is 0 Å². The topological polar surface area (TPSA) is 203 Å². The largest absolute Gasteiger partial charge is 0.604 e. The smallest absolute Gasteiger partial charge is 0.409 e. The van der Waals surface area contributed by atoms with Crippen molar-refractivity contribution in [3.63, 3.8) is 0 Å². The van der Waals surface area contributed by atoms with Crippen LogP contribution in [0.3, 0.4) is 0 Å². The van der Waals surface area contributed by atoms with Gasteiger partial charge in [-0.15, -0.1) is 4.74 Å². The van der Waals surface area contributed by atoms with E-state index >= 15 is 0 Å². The summed E-state index contributed by atoms with van der Waals surface area (Å²) in [7, 11) is -4.72. The van der Waals surface area contributed by atoms with Crippen LogP contribution in [0.2, 0.25) is 0 Å². The number of aromatic nitrogens is 2. The zero-order valence-corrected chi connectivity index (χ0v) is 16.9. The van der Waals surface area contributed by atoms with Crippen molar-refractivity contribution in [2.75, 3.05) is 12.1 Å². The third-order valence-corrected chi connectivity index (χ3v) is 5.30. The van der Waals surface area contributed by atoms with E-state index in [1.807, 2.05) is 0 Å². The first kappa shape index (κ1) is 23.0. The highest BCUT2D eigenvalue weighted by molar-refractivity contribution is 7.53. The van der Waals surface area contributed by atoms with E-state index in [1.165, 1.54) is 25.3 Å². The Labute approximate surface area is 174 Å². The first-order chi connectivity index (χ1) is 14.6. The molecule has 1 saturated heterocycles. The van der Waals surface area contributed by atoms with Gasteiger partial charge in [-0.3, -0.25) is 19.9 Å². The maximum absolute atomic E-state index is 12.3. The van der Waals surface area contributed by atoms with Crippen molar-refractivity contribution in [2.24, 2.45) is 0 Å². The normalized spacial score (nSPS) is 22.8. The molecule has 0 spiro atoms. The molecule has 0 amide bonds. The van der Waals surface area contributed by atoms with E-state index in [0.717, 1.165) is 16.7 Å². The lowest BCUT2D eigenvalue weighted by atomic mass is 10.2. The molecule has 1 unspecified atom stereocenters. The molecule has 2 aromatic rings. The number of hydrogen-bond acceptors (Lipinski definition) is 11. The van der Waals surface area contributed by atoms with E-state index in [2.05, 4.69) is 15.1 Å². The number of aliphatic hydroxyl groups is 1. The second-order valence-electron chi connectivity index (χ2n) is 6.64. The number of aliphatic hydroxyl groups excluding tert-OH is 1. The number of phosphoric ester groups is 1. The molecule has 15 heteroatoms. The predicted octanol–water partition coefficient (Wildman–Crippen LogP) is -0.508. The summed E-state index contributed by atoms with van der Waals surface area (Å²) in [4.78, 5) is 58.0. The fourth-order valence-corrected chi connectivity index (χ4v) is 3.73. The van der Waals surface area contributed by atoms with Crippen LogP contribution in [0.15, 0.2) is 40.1 Å². The number of non-ortho nitro benzene ring substituents is 1. The number of phosphoric acid groups is 1. The van der Waals surface area contributed by atoms with Crippen LogP contribution in [0.5, 0.6) is 0 Å². The summed E-state index contributed by atoms with van der Waals surface area (Å²) >= 11 is 0. The highest BCUT2D eigenvalue weighted by atomic mass is 31.2. The third kappa shape index (κ3) is 5.51. The molecule has 1 fully saturated rings. The van der Waals surface area contributed by atoms with Gasteiger partial charge in [-0.2, -0.15) is 9.42 Å². The van der Waals surface area contributed by atoms with E-state index in [-0.39, 0.29) is 23.4 Å². The number of ether oxygens (including phenoxy) is 1. The fourth-order valence-electron chi connectivity index (χ4n) is 2.90. The first-order valence-corrected chi connectivity index (χ1v) is 10.4. The quantitative estimate of drug-likeness (QED) is 0.172. The molecular weight excluding hydrogens is 439 g/mol. The molecule has 0 saturated carbocycles. The second-order valence-corrected chi connectivity index (χ2v) is 7.97. The minimum Gasteiger partial charge on any atom is -0.604 e. The Morgan fingerprint density at radius 2 is 2.06 bits per heavy atom. The number of nitro benzene ring substituents is 1. The van der Waals surface area contributed by atoms with Gasteiger partial charge >= 0.3 is 20.1 Å². The fraction of sp³-hybridized carbons (Fsp3) is 0.375. The number of benzene rings is 1. The summed E-state index contributed by atoms with van der Waals surface area (Å²) in [5, 5.41) is 20.2. The Morgan fingerprint density at radius 3 is 2.68 bits per heavy atom. The Kier molecular flexibility index (Phi) is 6.81. The molecular formula is C16H19N4O10P+. The minimum atomic E-state index is -4.72. The summed E-state index contributed by atoms with van der Waals surface area (Å²) in [6.45, 7) is 0.912. The highest BCUT2D eigenvalue weighted by Crippen LogP contribution is 2.51. The van der Waals surface area contributed by atoms with Crippen LogP contribution in [0, 0.1) is 17.0 Å². The van der Waals surface area contributed by atoms with Gasteiger partial charge in [-0.1, -0.05) is 4.62 Å². The Bertz CT molecular complexity index is 1050. The molecule has 1 aliphatic heterocycles. The SMILES string of the molecule is Cc1cn([C@H]2C[C@H](O[P+]([O-])(O)ONc3ccc([N+](=O)[O-])cc3)[C@@H](CO)[O+]2)c(=O)[nH]c1=O. The van der Waals surface area contributed by atoms with Gasteiger partial charge in [0.15, 0.2) is 6.10 Å². The minimum absolute atomic E-state index is 0.0952. The second kappa shape index (κ2) is 9.20. The third-order valence-electron chi connectivity index (χ3n) is 4.44. The molecule has 2 heterocycles. The van der Waals surface area contributed by atoms with Crippen LogP contribution in [0.1, 0.15) is 18.2 Å². The standard InChI is InChI=1S/C16H19N4O10P/c1-9-7-19(16(23)17-15(9)22)14-6-12(13(8-21)28-14)29-31(26,27)30-18-10-2-4-11(5-3-10)20(24)25/h2-5,7,12-14,18,21H,6,8H2,1H3,(H,26,27)(H,17,22,23)/q+1/t12-,13+,14+/m0/s1. The number of rotatable bonds is 8. The van der Waals surface area contributed by atoms with Gasteiger partial charge in [0.25, 0.3) is 17.4 Å². The average molecular weight is 458 g/mol. The lowest BCUT2D eigenvalue weighted by Gasteiger charge is -2.21. The molecule has 4 N–H and O–H groups in total. The summed E-state index contributed by atoms with van der Waals surface area (Å²) in [6.07, 6.45) is -1.96. The van der Waals surface area contributed by atoms with E-state index in [1.54, 1.807) is 0 Å². The summed E-state index contributed by atoms with van der Waals surface area (Å²) in [6, 6.07) is 4.84. The molecule has 1 radical (unpaired) electrons. The van der Waals surface area contributed by atoms with Crippen molar-refractivity contribution < 1.29 is 33.7 Å². The summed E-state index contributed by atoms with van der Waals surface area (Å²) < 4.78 is 16.4. The van der Waals surface area contributed by atoms with E-state index in [9.17, 15) is 34.6 Å². The monoisotopic (exact) mass is 458 g/mol. The highest BCUT2D eigenvalue weighted by Gasteiger charge is 2.53. The maximum Gasteiger partial charge on any atom is 0.409 e. The van der Waals surface area contributed by atoms with Crippen molar-refractivity contribution in [1.29, 1.82) is 0 Å². The zero-order chi connectivity index (χ0) is 22.8. The molecule has 4 atom stereocenters. The zero-order valence-electron chi connectivity index (χ0n) is 16.0. The van der Waals surface area contributed by atoms with Gasteiger partial charge in [-0.25, -0.2) is 14.8 Å². The van der Waals surface area contributed by atoms with Crippen molar-refractivity contribution in [3.8, 4) is 0 Å². The van der Waals surface area contributed by atoms with E-state index in [0.29, 0.717) is 0 Å². The number of nitrogens with zero attached hydrogens (tertiary/aromatic N) is 2. The Morgan fingerprint density at radius 1 is 1.39 bits per heavy atom. The van der Waals surface area contributed by atoms with Crippen molar-refractivity contribution in [1.82, 2.24) is 9.55 Å². The predicted molar refractivity (Wildman–Crippen MR) is 103 cm³/mol. The molecule has 14 nitrogen and oxygen atoms in total. The molecule has 1 aromatic heterocycles. The number of nitrogens with one attached hydrogen (secondary N) is 2. The van der Waals surface area contributed by atoms with Crippen molar-refractivity contribution in [2.45, 2.75) is 31.8 Å². The number of H-pyrrole nitrogens is 1. The van der Waals surface area contributed by atoms with Gasteiger partial charge in [0, 0.05) is 23.9 Å². The van der Waals surface area contributed by atoms with Crippen molar-refractivity contribution >= 4 is 19.5 Å². The van der Waals surface area contributed by atoms with Crippen LogP contribution in [0.4, 0.5) is 11.4 Å². The van der Waals surface area contributed by atoms with Crippen LogP contribution in [-0.2, 0) is 13.9 Å². The molecule has 0 bridgehead atoms. The first-order valence-electron chi connectivity index (χ1n) is 8.88. The lowest BCUT2D eigenvalue weighted by Crippen LogP contribution is -2.33. The van der Waals surface area contributed by atoms with Gasteiger partial charge in [0.05, 0.1) is 17.0 Å². The Balaban J connectivity index is 1.66. The number of aromatic amines is 1. The van der Waals surface area contributed by atoms with E-state index < -0.39 is 49.4 Å². The van der Waals surface area contributed by atoms with Crippen LogP contribution >= 0.6 is 8.17 Å². The van der Waals surface area contributed by atoms with Gasteiger partial charge < -0.3 is 10.00 Å². The van der Waals surface area contributed by atoms with Crippen molar-refractivity contribution in [3.05, 3.63) is 67.0 Å². The molecule has 31 heavy (non-hydrogen) atoms. The van der Waals surface area contributed by atoms with Crippen LogP contribution in [-0.4, -0.2) is 43.3 Å². The number of hydrogen-bond donors (Lipinski definition) is 4. The van der Waals surface area contributed by atoms with E-state index in [4.69, 9.17) is 9.26 Å². The molecule has 1 aliphatic rings. The number of nitro groups is 1. The van der Waals surface area contributed by atoms with Gasteiger partial charge in [0.1, 0.15) is 6.61 Å². The molecule has 167 valence electrons. The molecule has 1 aromatic carbocycles. The summed E-state index contributed by atoms with van der Waals surface area (Å²) in [5.74, 6) is 0.